The van der Waals surface area contributed by atoms with E-state index in [1.165, 1.54) is 19.2 Å². The summed E-state index contributed by atoms with van der Waals surface area (Å²) in [6.07, 6.45) is 1.71. The number of pyridine rings is 1. The van der Waals surface area contributed by atoms with Gasteiger partial charge in [0.2, 0.25) is 0 Å². The van der Waals surface area contributed by atoms with E-state index in [1.54, 1.807) is 36.4 Å². The fourth-order valence-electron chi connectivity index (χ4n) is 5.00. The first kappa shape index (κ1) is 25.5. The van der Waals surface area contributed by atoms with Crippen LogP contribution in [-0.4, -0.2) is 61.2 Å². The van der Waals surface area contributed by atoms with Crippen LogP contribution >= 0.6 is 0 Å². The molecule has 2 aromatic carbocycles. The summed E-state index contributed by atoms with van der Waals surface area (Å²) >= 11 is 0. The number of halogens is 2. The standard InChI is InChI=1S/C29H30F2N4O3/c1-17(2)19-15-20(21-14-18(30)7-8-24(21)37-3)22-16-23(33-27(22)26(19)31)29(36)35-12-10-34(11-13-35)28-25(38-4)6-5-9-32-28/h5-9,14-17,33H,10-13H2,1-4H3. The van der Waals surface area contributed by atoms with Crippen molar-refractivity contribution in [1.82, 2.24) is 14.9 Å². The van der Waals surface area contributed by atoms with Gasteiger partial charge < -0.3 is 24.3 Å². The molecule has 5 rings (SSSR count). The number of carbonyl (C=O) groups is 1. The average molecular weight is 521 g/mol. The van der Waals surface area contributed by atoms with Gasteiger partial charge in [-0.1, -0.05) is 13.8 Å². The zero-order chi connectivity index (χ0) is 27.0. The molecule has 0 aliphatic carbocycles. The highest BCUT2D eigenvalue weighted by Gasteiger charge is 2.27. The molecule has 1 amide bonds. The summed E-state index contributed by atoms with van der Waals surface area (Å²) in [5, 5.41) is 0.496. The van der Waals surface area contributed by atoms with Gasteiger partial charge in [-0.05, 0) is 59.5 Å². The number of fused-ring (bicyclic) bond motifs is 1. The molecule has 1 fully saturated rings. The number of nitrogens with zero attached hydrogens (tertiary/aromatic N) is 3. The predicted octanol–water partition coefficient (Wildman–Crippen LogP) is 5.61. The Morgan fingerprint density at radius 3 is 2.39 bits per heavy atom. The molecule has 1 aliphatic rings. The summed E-state index contributed by atoms with van der Waals surface area (Å²) < 4.78 is 40.8. The van der Waals surface area contributed by atoms with E-state index in [9.17, 15) is 9.18 Å². The van der Waals surface area contributed by atoms with E-state index in [2.05, 4.69) is 14.9 Å². The summed E-state index contributed by atoms with van der Waals surface area (Å²) in [5.41, 5.74) is 2.06. The van der Waals surface area contributed by atoms with Crippen LogP contribution in [-0.2, 0) is 0 Å². The second-order valence-corrected chi connectivity index (χ2v) is 9.61. The summed E-state index contributed by atoms with van der Waals surface area (Å²) in [6, 6.07) is 11.3. The van der Waals surface area contributed by atoms with Crippen molar-refractivity contribution in [2.75, 3.05) is 45.3 Å². The summed E-state index contributed by atoms with van der Waals surface area (Å²) in [4.78, 5) is 24.8. The number of hydrogen-bond acceptors (Lipinski definition) is 5. The van der Waals surface area contributed by atoms with Gasteiger partial charge >= 0.3 is 0 Å². The fraction of sp³-hybridized carbons (Fsp3) is 0.310. The van der Waals surface area contributed by atoms with E-state index < -0.39 is 11.6 Å². The number of carbonyl (C=O) groups excluding carboxylic acids is 1. The molecule has 9 heteroatoms. The lowest BCUT2D eigenvalue weighted by Crippen LogP contribution is -2.49. The van der Waals surface area contributed by atoms with Crippen molar-refractivity contribution < 1.29 is 23.0 Å². The number of methoxy groups -OCH3 is 2. The van der Waals surface area contributed by atoms with Crippen LogP contribution in [0.25, 0.3) is 22.0 Å². The molecule has 3 heterocycles. The van der Waals surface area contributed by atoms with E-state index in [-0.39, 0.29) is 23.0 Å². The van der Waals surface area contributed by atoms with Crippen molar-refractivity contribution >= 4 is 22.6 Å². The Kier molecular flexibility index (Phi) is 6.93. The van der Waals surface area contributed by atoms with Crippen LogP contribution in [0.2, 0.25) is 0 Å². The number of nitrogens with one attached hydrogen (secondary N) is 1. The van der Waals surface area contributed by atoms with Crippen molar-refractivity contribution in [2.24, 2.45) is 0 Å². The first-order chi connectivity index (χ1) is 18.3. The summed E-state index contributed by atoms with van der Waals surface area (Å²) in [6.45, 7) is 5.88. The van der Waals surface area contributed by atoms with Gasteiger partial charge in [0.1, 0.15) is 17.3 Å². The Labute approximate surface area is 220 Å². The minimum absolute atomic E-state index is 0.128. The lowest BCUT2D eigenvalue weighted by Gasteiger charge is -2.35. The van der Waals surface area contributed by atoms with Crippen LogP contribution in [0.15, 0.2) is 48.7 Å². The number of anilines is 1. The molecule has 0 radical (unpaired) electrons. The van der Waals surface area contributed by atoms with Gasteiger partial charge in [-0.15, -0.1) is 0 Å². The minimum Gasteiger partial charge on any atom is -0.496 e. The number of aromatic amines is 1. The number of hydrogen-bond donors (Lipinski definition) is 1. The molecule has 0 atom stereocenters. The van der Waals surface area contributed by atoms with Crippen molar-refractivity contribution in [3.63, 3.8) is 0 Å². The van der Waals surface area contributed by atoms with Crippen molar-refractivity contribution in [1.29, 1.82) is 0 Å². The van der Waals surface area contributed by atoms with Crippen LogP contribution in [0.4, 0.5) is 14.6 Å². The topological polar surface area (TPSA) is 70.7 Å². The monoisotopic (exact) mass is 520 g/mol. The largest absolute Gasteiger partial charge is 0.496 e. The van der Waals surface area contributed by atoms with E-state index in [0.29, 0.717) is 59.8 Å². The van der Waals surface area contributed by atoms with E-state index in [4.69, 9.17) is 9.47 Å². The molecule has 4 aromatic rings. The molecular weight excluding hydrogens is 490 g/mol. The fourth-order valence-corrected chi connectivity index (χ4v) is 5.00. The molecular formula is C29H30F2N4O3. The Balaban J connectivity index is 1.49. The van der Waals surface area contributed by atoms with Crippen molar-refractivity contribution in [2.45, 2.75) is 19.8 Å². The molecule has 2 aromatic heterocycles. The van der Waals surface area contributed by atoms with Gasteiger partial charge in [0.25, 0.3) is 5.91 Å². The molecule has 0 spiro atoms. The normalized spacial score (nSPS) is 13.9. The molecule has 0 unspecified atom stereocenters. The Morgan fingerprint density at radius 1 is 0.974 bits per heavy atom. The third-order valence-corrected chi connectivity index (χ3v) is 7.02. The smallest absolute Gasteiger partial charge is 0.270 e. The van der Waals surface area contributed by atoms with Crippen molar-refractivity contribution in [3.05, 3.63) is 71.6 Å². The van der Waals surface area contributed by atoms with Crippen LogP contribution in [0, 0.1) is 11.6 Å². The third-order valence-electron chi connectivity index (χ3n) is 7.02. The first-order valence-corrected chi connectivity index (χ1v) is 12.5. The Bertz CT molecular complexity index is 1490. The van der Waals surface area contributed by atoms with E-state index >= 15 is 4.39 Å². The lowest BCUT2D eigenvalue weighted by atomic mass is 9.93. The zero-order valence-corrected chi connectivity index (χ0v) is 21.8. The highest BCUT2D eigenvalue weighted by Crippen LogP contribution is 2.40. The van der Waals surface area contributed by atoms with Gasteiger partial charge in [0.15, 0.2) is 17.4 Å². The van der Waals surface area contributed by atoms with Crippen LogP contribution < -0.4 is 14.4 Å². The van der Waals surface area contributed by atoms with Gasteiger partial charge in [-0.3, -0.25) is 4.79 Å². The first-order valence-electron chi connectivity index (χ1n) is 12.5. The molecule has 1 aliphatic heterocycles. The van der Waals surface area contributed by atoms with Gasteiger partial charge in [0.05, 0.1) is 19.7 Å². The molecule has 1 saturated heterocycles. The van der Waals surface area contributed by atoms with Crippen LogP contribution in [0.5, 0.6) is 11.5 Å². The maximum atomic E-state index is 15.6. The lowest BCUT2D eigenvalue weighted by molar-refractivity contribution is 0.0741. The second kappa shape index (κ2) is 10.3. The maximum absolute atomic E-state index is 15.6. The SMILES string of the molecule is COc1ccc(F)cc1-c1cc(C(C)C)c(F)c2[nH]c(C(=O)N3CCN(c4ncccc4OC)CC3)cc12. The van der Waals surface area contributed by atoms with E-state index in [0.717, 1.165) is 5.82 Å². The number of rotatable bonds is 6. The third kappa shape index (κ3) is 4.53. The van der Waals surface area contributed by atoms with Crippen LogP contribution in [0.1, 0.15) is 35.8 Å². The maximum Gasteiger partial charge on any atom is 0.270 e. The number of H-pyrrole nitrogens is 1. The van der Waals surface area contributed by atoms with Gasteiger partial charge in [-0.25, -0.2) is 13.8 Å². The molecule has 38 heavy (non-hydrogen) atoms. The highest BCUT2D eigenvalue weighted by atomic mass is 19.1. The summed E-state index contributed by atoms with van der Waals surface area (Å²) in [5.74, 6) is 0.681. The molecule has 198 valence electrons. The summed E-state index contributed by atoms with van der Waals surface area (Å²) in [7, 11) is 3.11. The Hall–Kier alpha value is -4.14. The number of amides is 1. The molecule has 7 nitrogen and oxygen atoms in total. The molecule has 0 saturated carbocycles. The number of benzene rings is 2. The van der Waals surface area contributed by atoms with Crippen LogP contribution in [0.3, 0.4) is 0 Å². The number of ether oxygens (including phenoxy) is 2. The molecule has 0 bridgehead atoms. The van der Waals surface area contributed by atoms with Crippen molar-refractivity contribution in [3.8, 4) is 22.6 Å². The zero-order valence-electron chi connectivity index (χ0n) is 21.8. The van der Waals surface area contributed by atoms with Gasteiger partial charge in [-0.2, -0.15) is 0 Å². The highest BCUT2D eigenvalue weighted by molar-refractivity contribution is 6.04. The number of aromatic nitrogens is 2. The second-order valence-electron chi connectivity index (χ2n) is 9.61. The minimum atomic E-state index is -0.432. The number of piperazine rings is 1. The quantitative estimate of drug-likeness (QED) is 0.358. The molecule has 1 N–H and O–H groups in total. The predicted molar refractivity (Wildman–Crippen MR) is 143 cm³/mol. The van der Waals surface area contributed by atoms with Gasteiger partial charge in [0, 0.05) is 43.3 Å². The average Bonchev–Trinajstić information content (AvgIpc) is 3.39. The van der Waals surface area contributed by atoms with E-state index in [1.807, 2.05) is 26.0 Å². The Morgan fingerprint density at radius 2 is 1.71 bits per heavy atom.